The van der Waals surface area contributed by atoms with E-state index in [0.29, 0.717) is 16.8 Å². The van der Waals surface area contributed by atoms with Crippen LogP contribution in [0.1, 0.15) is 17.8 Å². The standard InChI is InChI=1S/C10H11N3O3S/c1-5(10(15)16)13-4-12-8-7(9(13)14)2-6(3-11)17-8/h2,4-5H,3,11H2,1H3,(H,15,16). The van der Waals surface area contributed by atoms with E-state index in [-0.39, 0.29) is 5.56 Å². The normalized spacial score (nSPS) is 12.8. The highest BCUT2D eigenvalue weighted by Gasteiger charge is 2.17. The molecule has 0 spiro atoms. The van der Waals surface area contributed by atoms with Crippen molar-refractivity contribution in [1.82, 2.24) is 9.55 Å². The molecule has 0 aliphatic heterocycles. The highest BCUT2D eigenvalue weighted by atomic mass is 32.1. The number of rotatable bonds is 3. The third kappa shape index (κ3) is 1.94. The summed E-state index contributed by atoms with van der Waals surface area (Å²) < 4.78 is 1.11. The van der Waals surface area contributed by atoms with Crippen molar-refractivity contribution in [3.8, 4) is 0 Å². The van der Waals surface area contributed by atoms with Crippen LogP contribution in [0.2, 0.25) is 0 Å². The van der Waals surface area contributed by atoms with Gasteiger partial charge in [0.25, 0.3) is 5.56 Å². The quantitative estimate of drug-likeness (QED) is 0.833. The zero-order valence-corrected chi connectivity index (χ0v) is 9.90. The lowest BCUT2D eigenvalue weighted by molar-refractivity contribution is -0.140. The summed E-state index contributed by atoms with van der Waals surface area (Å²) in [6.07, 6.45) is 1.26. The fourth-order valence-corrected chi connectivity index (χ4v) is 2.35. The number of carboxylic acid groups (broad SMARTS) is 1. The van der Waals surface area contributed by atoms with Crippen LogP contribution in [0.3, 0.4) is 0 Å². The van der Waals surface area contributed by atoms with Gasteiger partial charge in [-0.05, 0) is 13.0 Å². The van der Waals surface area contributed by atoms with Crippen LogP contribution in [0.4, 0.5) is 0 Å². The molecule has 2 heterocycles. The Morgan fingerprint density at radius 3 is 3.00 bits per heavy atom. The summed E-state index contributed by atoms with van der Waals surface area (Å²) >= 11 is 1.34. The maximum absolute atomic E-state index is 12.0. The highest BCUT2D eigenvalue weighted by molar-refractivity contribution is 7.18. The van der Waals surface area contributed by atoms with Gasteiger partial charge in [0.05, 0.1) is 11.7 Å². The summed E-state index contributed by atoms with van der Waals surface area (Å²) in [6, 6.07) is 0.737. The molecule has 3 N–H and O–H groups in total. The van der Waals surface area contributed by atoms with Crippen LogP contribution in [-0.2, 0) is 11.3 Å². The van der Waals surface area contributed by atoms with Crippen molar-refractivity contribution >= 4 is 27.5 Å². The molecule has 2 rings (SSSR count). The average Bonchev–Trinajstić information content (AvgIpc) is 2.72. The molecule has 0 bridgehead atoms. The van der Waals surface area contributed by atoms with Crippen molar-refractivity contribution in [3.05, 3.63) is 27.6 Å². The van der Waals surface area contributed by atoms with Gasteiger partial charge in [-0.25, -0.2) is 9.78 Å². The van der Waals surface area contributed by atoms with E-state index in [4.69, 9.17) is 10.8 Å². The molecule has 2 aromatic rings. The van der Waals surface area contributed by atoms with Crippen molar-refractivity contribution in [2.24, 2.45) is 5.73 Å². The van der Waals surface area contributed by atoms with Gasteiger partial charge >= 0.3 is 5.97 Å². The van der Waals surface area contributed by atoms with E-state index in [1.54, 1.807) is 6.07 Å². The second-order valence-electron chi connectivity index (χ2n) is 3.61. The number of fused-ring (bicyclic) bond motifs is 1. The van der Waals surface area contributed by atoms with Crippen LogP contribution >= 0.6 is 11.3 Å². The Bertz CT molecular complexity index is 631. The molecular weight excluding hydrogens is 242 g/mol. The van der Waals surface area contributed by atoms with Gasteiger partial charge < -0.3 is 10.8 Å². The molecule has 0 saturated heterocycles. The first-order valence-corrected chi connectivity index (χ1v) is 5.78. The maximum atomic E-state index is 12.0. The molecule has 0 aliphatic rings. The van der Waals surface area contributed by atoms with Crippen LogP contribution in [0.25, 0.3) is 10.2 Å². The average molecular weight is 253 g/mol. The molecule has 6 nitrogen and oxygen atoms in total. The number of aliphatic carboxylic acids is 1. The Hall–Kier alpha value is -1.73. The summed E-state index contributed by atoms with van der Waals surface area (Å²) in [5, 5.41) is 9.30. The van der Waals surface area contributed by atoms with Crippen LogP contribution in [0.15, 0.2) is 17.2 Å². The molecule has 0 radical (unpaired) electrons. The minimum atomic E-state index is -1.07. The molecule has 17 heavy (non-hydrogen) atoms. The minimum Gasteiger partial charge on any atom is -0.480 e. The predicted octanol–water partition coefficient (Wildman–Crippen LogP) is 0.562. The number of nitrogens with zero attached hydrogens (tertiary/aromatic N) is 2. The van der Waals surface area contributed by atoms with Gasteiger partial charge in [0.2, 0.25) is 0 Å². The van der Waals surface area contributed by atoms with E-state index in [1.165, 1.54) is 24.6 Å². The zero-order valence-electron chi connectivity index (χ0n) is 9.08. The summed E-state index contributed by atoms with van der Waals surface area (Å²) in [6.45, 7) is 1.78. The molecule has 90 valence electrons. The first-order valence-electron chi connectivity index (χ1n) is 4.97. The van der Waals surface area contributed by atoms with E-state index in [9.17, 15) is 9.59 Å². The number of thiophene rings is 1. The van der Waals surface area contributed by atoms with E-state index >= 15 is 0 Å². The first-order chi connectivity index (χ1) is 8.04. The number of hydrogen-bond donors (Lipinski definition) is 2. The van der Waals surface area contributed by atoms with E-state index < -0.39 is 12.0 Å². The monoisotopic (exact) mass is 253 g/mol. The van der Waals surface area contributed by atoms with Crippen LogP contribution in [-0.4, -0.2) is 20.6 Å². The van der Waals surface area contributed by atoms with Crippen LogP contribution in [0.5, 0.6) is 0 Å². The largest absolute Gasteiger partial charge is 0.480 e. The summed E-state index contributed by atoms with van der Waals surface area (Å²) in [7, 11) is 0. The lowest BCUT2D eigenvalue weighted by Gasteiger charge is -2.08. The molecule has 0 aromatic carbocycles. The van der Waals surface area contributed by atoms with E-state index in [1.807, 2.05) is 0 Å². The first kappa shape index (κ1) is 11.7. The third-order valence-electron chi connectivity index (χ3n) is 2.50. The molecule has 1 unspecified atom stereocenters. The van der Waals surface area contributed by atoms with Gasteiger partial charge in [0, 0.05) is 11.4 Å². The molecule has 0 aliphatic carbocycles. The van der Waals surface area contributed by atoms with Crippen molar-refractivity contribution in [2.75, 3.05) is 0 Å². The van der Waals surface area contributed by atoms with Gasteiger partial charge in [0.15, 0.2) is 0 Å². The number of carboxylic acids is 1. The number of aromatic nitrogens is 2. The van der Waals surface area contributed by atoms with Crippen LogP contribution in [0, 0.1) is 0 Å². The molecular formula is C10H11N3O3S. The molecule has 0 saturated carbocycles. The van der Waals surface area contributed by atoms with E-state index in [2.05, 4.69) is 4.98 Å². The molecule has 2 aromatic heterocycles. The second-order valence-corrected chi connectivity index (χ2v) is 4.72. The summed E-state index contributed by atoms with van der Waals surface area (Å²) in [4.78, 5) is 28.4. The highest BCUT2D eigenvalue weighted by Crippen LogP contribution is 2.20. The predicted molar refractivity (Wildman–Crippen MR) is 64.1 cm³/mol. The Morgan fingerprint density at radius 2 is 2.41 bits per heavy atom. The smallest absolute Gasteiger partial charge is 0.326 e. The second kappa shape index (κ2) is 4.27. The van der Waals surface area contributed by atoms with Crippen molar-refractivity contribution in [1.29, 1.82) is 0 Å². The fourth-order valence-electron chi connectivity index (χ4n) is 1.48. The Balaban J connectivity index is 2.65. The van der Waals surface area contributed by atoms with Gasteiger partial charge in [-0.2, -0.15) is 0 Å². The fraction of sp³-hybridized carbons (Fsp3) is 0.300. The van der Waals surface area contributed by atoms with E-state index in [0.717, 1.165) is 9.44 Å². The zero-order chi connectivity index (χ0) is 12.6. The SMILES string of the molecule is CC(C(=O)O)n1cnc2sc(CN)cc2c1=O. The van der Waals surface area contributed by atoms with Crippen molar-refractivity contribution in [2.45, 2.75) is 19.5 Å². The topological polar surface area (TPSA) is 98.2 Å². The van der Waals surface area contributed by atoms with Crippen LogP contribution < -0.4 is 11.3 Å². The van der Waals surface area contributed by atoms with Crippen molar-refractivity contribution < 1.29 is 9.90 Å². The lowest BCUT2D eigenvalue weighted by atomic mass is 10.3. The van der Waals surface area contributed by atoms with Gasteiger partial charge in [-0.15, -0.1) is 11.3 Å². The van der Waals surface area contributed by atoms with Gasteiger partial charge in [-0.1, -0.05) is 0 Å². The molecule has 1 atom stereocenters. The molecule has 0 fully saturated rings. The van der Waals surface area contributed by atoms with Gasteiger partial charge in [-0.3, -0.25) is 9.36 Å². The number of carbonyl (C=O) groups is 1. The Labute approximate surface area is 100 Å². The molecule has 0 amide bonds. The van der Waals surface area contributed by atoms with Gasteiger partial charge in [0.1, 0.15) is 10.9 Å². The Kier molecular flexibility index (Phi) is 2.95. The third-order valence-corrected chi connectivity index (χ3v) is 3.57. The number of nitrogens with two attached hydrogens (primary N) is 1. The lowest BCUT2D eigenvalue weighted by Crippen LogP contribution is -2.27. The molecule has 7 heteroatoms. The minimum absolute atomic E-state index is 0.342. The summed E-state index contributed by atoms with van der Waals surface area (Å²) in [5.41, 5.74) is 5.14. The maximum Gasteiger partial charge on any atom is 0.326 e. The summed E-state index contributed by atoms with van der Waals surface area (Å²) in [5.74, 6) is -1.07. The number of hydrogen-bond acceptors (Lipinski definition) is 5. The van der Waals surface area contributed by atoms with Crippen molar-refractivity contribution in [3.63, 3.8) is 0 Å². The Morgan fingerprint density at radius 1 is 1.71 bits per heavy atom.